The Labute approximate surface area is 207 Å². The number of piperidine rings is 1. The van der Waals surface area contributed by atoms with Gasteiger partial charge in [0.1, 0.15) is 12.4 Å². The van der Waals surface area contributed by atoms with Gasteiger partial charge in [0.25, 0.3) is 0 Å². The van der Waals surface area contributed by atoms with Gasteiger partial charge in [-0.1, -0.05) is 66.2 Å². The topological polar surface area (TPSA) is 56.5 Å². The molecule has 0 aromatic heterocycles. The van der Waals surface area contributed by atoms with Crippen LogP contribution in [-0.4, -0.2) is 29.6 Å². The summed E-state index contributed by atoms with van der Waals surface area (Å²) in [6.45, 7) is 3.14. The minimum absolute atomic E-state index is 0.156. The highest BCUT2D eigenvalue weighted by molar-refractivity contribution is 6.30. The summed E-state index contributed by atoms with van der Waals surface area (Å²) in [4.78, 5) is 2.39. The predicted molar refractivity (Wildman–Crippen MR) is 136 cm³/mol. The molecule has 1 aliphatic heterocycles. The maximum Gasteiger partial charge on any atom is 0.120 e. The molecule has 0 spiro atoms. The van der Waals surface area contributed by atoms with Crippen LogP contribution in [0.5, 0.6) is 5.75 Å². The molecule has 34 heavy (non-hydrogen) atoms. The van der Waals surface area contributed by atoms with E-state index in [0.29, 0.717) is 24.5 Å². The van der Waals surface area contributed by atoms with Gasteiger partial charge in [-0.3, -0.25) is 0 Å². The molecule has 1 fully saturated rings. The lowest BCUT2D eigenvalue weighted by Crippen LogP contribution is -2.42. The Hall–Kier alpha value is -2.84. The van der Waals surface area contributed by atoms with Crippen molar-refractivity contribution in [1.82, 2.24) is 4.90 Å². The first kappa shape index (κ1) is 24.3. The van der Waals surface area contributed by atoms with Crippen molar-refractivity contribution in [3.8, 4) is 11.8 Å². The van der Waals surface area contributed by atoms with E-state index in [1.165, 1.54) is 0 Å². The van der Waals surface area contributed by atoms with Gasteiger partial charge in [0.05, 0.1) is 17.6 Å². The Morgan fingerprint density at radius 2 is 1.74 bits per heavy atom. The molecular weight excluding hydrogens is 444 g/mol. The van der Waals surface area contributed by atoms with Gasteiger partial charge in [0.2, 0.25) is 0 Å². The highest BCUT2D eigenvalue weighted by Crippen LogP contribution is 2.33. The summed E-state index contributed by atoms with van der Waals surface area (Å²) < 4.78 is 5.94. The molecule has 4 rings (SSSR count). The van der Waals surface area contributed by atoms with Crippen molar-refractivity contribution in [2.45, 2.75) is 43.8 Å². The Morgan fingerprint density at radius 1 is 1.00 bits per heavy atom. The zero-order chi connectivity index (χ0) is 23.8. The zero-order valence-electron chi connectivity index (χ0n) is 19.4. The Balaban J connectivity index is 1.25. The molecule has 0 saturated carbocycles. The number of benzene rings is 3. The number of likely N-dealkylation sites (tertiary alicyclic amines) is 1. The van der Waals surface area contributed by atoms with Crippen molar-refractivity contribution < 1.29 is 9.84 Å². The molecule has 3 aromatic rings. The molecule has 5 heteroatoms. The third kappa shape index (κ3) is 6.39. The first-order chi connectivity index (χ1) is 16.6. The van der Waals surface area contributed by atoms with Crippen LogP contribution in [0.25, 0.3) is 0 Å². The van der Waals surface area contributed by atoms with E-state index in [9.17, 15) is 10.4 Å². The fourth-order valence-electron chi connectivity index (χ4n) is 4.58. The largest absolute Gasteiger partial charge is 0.489 e. The number of hydrogen-bond acceptors (Lipinski definition) is 4. The summed E-state index contributed by atoms with van der Waals surface area (Å²) in [7, 11) is 0. The third-order valence-corrected chi connectivity index (χ3v) is 6.95. The number of aliphatic hydroxyl groups is 1. The lowest BCUT2D eigenvalue weighted by Gasteiger charge is -2.38. The van der Waals surface area contributed by atoms with Crippen LogP contribution in [0.1, 0.15) is 48.3 Å². The summed E-state index contributed by atoms with van der Waals surface area (Å²) in [5, 5.41) is 21.5. The minimum atomic E-state index is -0.781. The van der Waals surface area contributed by atoms with Crippen LogP contribution in [0, 0.1) is 11.3 Å². The van der Waals surface area contributed by atoms with Crippen molar-refractivity contribution in [3.05, 3.63) is 101 Å². The number of halogens is 1. The van der Waals surface area contributed by atoms with E-state index in [0.717, 1.165) is 54.9 Å². The van der Waals surface area contributed by atoms with Gasteiger partial charge in [-0.05, 0) is 73.2 Å². The Kier molecular flexibility index (Phi) is 8.24. The van der Waals surface area contributed by atoms with Crippen molar-refractivity contribution in [3.63, 3.8) is 0 Å². The normalized spacial score (nSPS) is 16.5. The second kappa shape index (κ2) is 11.5. The Bertz CT molecular complexity index is 1090. The van der Waals surface area contributed by atoms with Gasteiger partial charge in [-0.25, -0.2) is 0 Å². The maximum atomic E-state index is 11.1. The number of ether oxygens (including phenoxy) is 1. The minimum Gasteiger partial charge on any atom is -0.489 e. The lowest BCUT2D eigenvalue weighted by atomic mass is 9.84. The third-order valence-electron chi connectivity index (χ3n) is 6.70. The Morgan fingerprint density at radius 3 is 2.44 bits per heavy atom. The van der Waals surface area contributed by atoms with E-state index >= 15 is 0 Å². The van der Waals surface area contributed by atoms with Gasteiger partial charge >= 0.3 is 0 Å². The highest BCUT2D eigenvalue weighted by Gasteiger charge is 2.33. The molecular formula is C29H31ClN2O2. The molecule has 1 heterocycles. The number of hydrogen-bond donors (Lipinski definition) is 1. The second-order valence-corrected chi connectivity index (χ2v) is 9.49. The molecule has 1 unspecified atom stereocenters. The van der Waals surface area contributed by atoms with Gasteiger partial charge in [-0.2, -0.15) is 5.26 Å². The van der Waals surface area contributed by atoms with Gasteiger partial charge in [0, 0.05) is 18.1 Å². The van der Waals surface area contributed by atoms with Crippen LogP contribution in [0.2, 0.25) is 5.02 Å². The molecule has 1 aliphatic rings. The van der Waals surface area contributed by atoms with Crippen LogP contribution >= 0.6 is 11.6 Å². The van der Waals surface area contributed by atoms with E-state index in [1.807, 2.05) is 78.9 Å². The summed E-state index contributed by atoms with van der Waals surface area (Å²) in [5.74, 6) is 0.634. The molecule has 1 saturated heterocycles. The summed E-state index contributed by atoms with van der Waals surface area (Å²) >= 11 is 5.99. The van der Waals surface area contributed by atoms with Crippen molar-refractivity contribution in [1.29, 1.82) is 5.26 Å². The van der Waals surface area contributed by atoms with Crippen molar-refractivity contribution in [2.24, 2.45) is 0 Å². The standard InChI is InChI=1S/C29H31ClN2O2/c30-27-13-11-26(12-14-27)29(33)15-18-32(19-16-29)17-5-9-25(21-31)24-8-4-10-28(20-24)34-22-23-6-2-1-3-7-23/h1-4,6-8,10-14,20,25,33H,5,9,15-19,22H2. The molecule has 4 nitrogen and oxygen atoms in total. The molecule has 3 aromatic carbocycles. The van der Waals surface area contributed by atoms with Crippen LogP contribution in [-0.2, 0) is 12.2 Å². The monoisotopic (exact) mass is 474 g/mol. The van der Waals surface area contributed by atoms with Gasteiger partial charge in [-0.15, -0.1) is 0 Å². The smallest absolute Gasteiger partial charge is 0.120 e. The number of nitriles is 1. The fourth-order valence-corrected chi connectivity index (χ4v) is 4.71. The van der Waals surface area contributed by atoms with Crippen LogP contribution in [0.4, 0.5) is 0 Å². The predicted octanol–water partition coefficient (Wildman–Crippen LogP) is 6.29. The first-order valence-electron chi connectivity index (χ1n) is 11.9. The first-order valence-corrected chi connectivity index (χ1v) is 12.3. The maximum absolute atomic E-state index is 11.1. The quantitative estimate of drug-likeness (QED) is 0.396. The van der Waals surface area contributed by atoms with E-state index in [-0.39, 0.29) is 5.92 Å². The molecule has 0 amide bonds. The summed E-state index contributed by atoms with van der Waals surface area (Å²) in [6, 6.07) is 28.0. The van der Waals surface area contributed by atoms with Crippen LogP contribution in [0.15, 0.2) is 78.9 Å². The lowest BCUT2D eigenvalue weighted by molar-refractivity contribution is -0.0261. The molecule has 176 valence electrons. The number of rotatable bonds is 9. The average molecular weight is 475 g/mol. The van der Waals surface area contributed by atoms with Crippen LogP contribution < -0.4 is 4.74 Å². The van der Waals surface area contributed by atoms with Crippen molar-refractivity contribution >= 4 is 11.6 Å². The average Bonchev–Trinajstić information content (AvgIpc) is 2.88. The molecule has 1 N–H and O–H groups in total. The molecule has 0 radical (unpaired) electrons. The zero-order valence-corrected chi connectivity index (χ0v) is 20.1. The van der Waals surface area contributed by atoms with E-state index in [4.69, 9.17) is 16.3 Å². The van der Waals surface area contributed by atoms with E-state index in [2.05, 4.69) is 11.0 Å². The summed E-state index contributed by atoms with van der Waals surface area (Å²) in [5.41, 5.74) is 2.28. The second-order valence-electron chi connectivity index (χ2n) is 9.05. The fraction of sp³-hybridized carbons (Fsp3) is 0.345. The molecule has 0 aliphatic carbocycles. The molecule has 0 bridgehead atoms. The number of nitrogens with zero attached hydrogens (tertiary/aromatic N) is 2. The highest BCUT2D eigenvalue weighted by atomic mass is 35.5. The van der Waals surface area contributed by atoms with Gasteiger partial charge in [0.15, 0.2) is 0 Å². The van der Waals surface area contributed by atoms with E-state index in [1.54, 1.807) is 0 Å². The van der Waals surface area contributed by atoms with Crippen molar-refractivity contribution in [2.75, 3.05) is 19.6 Å². The van der Waals surface area contributed by atoms with Crippen LogP contribution in [0.3, 0.4) is 0 Å². The molecule has 1 atom stereocenters. The van der Waals surface area contributed by atoms with Gasteiger partial charge < -0.3 is 14.7 Å². The van der Waals surface area contributed by atoms with E-state index < -0.39 is 5.60 Å². The SMILES string of the molecule is N#CC(CCCN1CCC(O)(c2ccc(Cl)cc2)CC1)c1cccc(OCc2ccccc2)c1. The summed E-state index contributed by atoms with van der Waals surface area (Å²) in [6.07, 6.45) is 3.15.